The summed E-state index contributed by atoms with van der Waals surface area (Å²) >= 11 is 3.94. The van der Waals surface area contributed by atoms with Gasteiger partial charge in [-0.1, -0.05) is 121 Å². The number of aromatic amines is 1. The van der Waals surface area contributed by atoms with Crippen molar-refractivity contribution in [2.75, 3.05) is 0 Å². The molecular weight excluding hydrogens is 518 g/mol. The van der Waals surface area contributed by atoms with Crippen molar-refractivity contribution in [2.45, 2.75) is 0 Å². The normalized spacial score (nSPS) is 11.4. The Kier molecular flexibility index (Phi) is 5.30. The quantitative estimate of drug-likeness (QED) is 0.236. The molecule has 0 bridgehead atoms. The summed E-state index contributed by atoms with van der Waals surface area (Å²) in [5.41, 5.74) is 9.76. The molecule has 2 nitrogen and oxygen atoms in total. The lowest BCUT2D eigenvalue weighted by molar-refractivity contribution is 0.631. The van der Waals surface area contributed by atoms with Crippen LogP contribution in [0.25, 0.3) is 66.7 Å². The Bertz CT molecular complexity index is 1720. The predicted molar refractivity (Wildman–Crippen MR) is 158 cm³/mol. The van der Waals surface area contributed by atoms with E-state index in [9.17, 15) is 0 Å². The number of hydrogen-bond donors (Lipinski definition) is 1. The molecule has 0 aliphatic heterocycles. The van der Waals surface area contributed by atoms with Crippen molar-refractivity contribution < 1.29 is 4.42 Å². The second kappa shape index (κ2) is 8.95. The van der Waals surface area contributed by atoms with Gasteiger partial charge in [0.15, 0.2) is 5.58 Å². The molecule has 0 fully saturated rings. The molecule has 0 amide bonds. The first-order chi connectivity index (χ1) is 18.3. The minimum Gasteiger partial charge on any atom is -0.454 e. The Morgan fingerprint density at radius 2 is 1.00 bits per heavy atom. The summed E-state index contributed by atoms with van der Waals surface area (Å²) in [7, 11) is 0. The summed E-state index contributed by atoms with van der Waals surface area (Å²) in [6, 6.07) is 44.3. The first kappa shape index (κ1) is 21.9. The van der Waals surface area contributed by atoms with Gasteiger partial charge in [-0.15, -0.1) is 0 Å². The van der Waals surface area contributed by atoms with Crippen molar-refractivity contribution in [2.24, 2.45) is 0 Å². The number of hydrogen-bond acceptors (Lipinski definition) is 1. The number of benzene rings is 5. The van der Waals surface area contributed by atoms with Crippen LogP contribution in [0.4, 0.5) is 0 Å². The maximum atomic E-state index is 6.67. The number of aromatic nitrogens is 1. The number of nitrogens with one attached hydrogen (secondary N) is 1. The van der Waals surface area contributed by atoms with Gasteiger partial charge in [0.2, 0.25) is 0 Å². The highest BCUT2D eigenvalue weighted by molar-refractivity contribution is 9.10. The van der Waals surface area contributed by atoms with Crippen LogP contribution in [0.5, 0.6) is 0 Å². The van der Waals surface area contributed by atoms with Gasteiger partial charge in [-0.25, -0.2) is 0 Å². The molecule has 0 aliphatic rings. The van der Waals surface area contributed by atoms with Gasteiger partial charge in [0.25, 0.3) is 0 Å². The lowest BCUT2D eigenvalue weighted by atomic mass is 9.95. The van der Waals surface area contributed by atoms with Gasteiger partial charge in [0.05, 0.1) is 15.7 Å². The van der Waals surface area contributed by atoms with Gasteiger partial charge in [-0.2, -0.15) is 0 Å². The van der Waals surface area contributed by atoms with E-state index in [0.717, 1.165) is 60.1 Å². The van der Waals surface area contributed by atoms with Gasteiger partial charge in [-0.3, -0.25) is 0 Å². The maximum absolute atomic E-state index is 6.67. The van der Waals surface area contributed by atoms with E-state index in [4.69, 9.17) is 4.42 Å². The van der Waals surface area contributed by atoms with Gasteiger partial charge in [0.1, 0.15) is 5.76 Å². The largest absolute Gasteiger partial charge is 0.454 e. The molecular formula is C34H22BrNO. The molecule has 1 N–H and O–H groups in total. The van der Waals surface area contributed by atoms with E-state index in [1.165, 1.54) is 11.1 Å². The Morgan fingerprint density at radius 3 is 1.57 bits per heavy atom. The van der Waals surface area contributed by atoms with E-state index in [1.54, 1.807) is 0 Å². The SMILES string of the molecule is Brc1c2[nH]c(-c3ccccc3)c(-c3ccccc3)c2cc2c(-c3ccccc3)c(-c3ccccc3)oc12. The van der Waals surface area contributed by atoms with Crippen LogP contribution in [0.2, 0.25) is 0 Å². The Balaban J connectivity index is 1.62. The first-order valence-electron chi connectivity index (χ1n) is 12.3. The molecule has 7 rings (SSSR count). The van der Waals surface area contributed by atoms with E-state index in [1.807, 2.05) is 12.1 Å². The highest BCUT2D eigenvalue weighted by Crippen LogP contribution is 2.48. The fraction of sp³-hybridized carbons (Fsp3) is 0. The molecule has 0 saturated carbocycles. The molecule has 0 aliphatic carbocycles. The van der Waals surface area contributed by atoms with Crippen molar-refractivity contribution in [3.63, 3.8) is 0 Å². The van der Waals surface area contributed by atoms with Crippen LogP contribution in [0.3, 0.4) is 0 Å². The minimum atomic E-state index is 0.839. The highest BCUT2D eigenvalue weighted by Gasteiger charge is 2.24. The second-order valence-electron chi connectivity index (χ2n) is 9.14. The fourth-order valence-corrected chi connectivity index (χ4v) is 5.85. The summed E-state index contributed by atoms with van der Waals surface area (Å²) in [5, 5.41) is 2.24. The van der Waals surface area contributed by atoms with E-state index in [2.05, 4.69) is 136 Å². The lowest BCUT2D eigenvalue weighted by Crippen LogP contribution is -1.83. The van der Waals surface area contributed by atoms with E-state index in [-0.39, 0.29) is 0 Å². The number of H-pyrrole nitrogens is 1. The summed E-state index contributed by atoms with van der Waals surface area (Å²) in [6.45, 7) is 0. The smallest absolute Gasteiger partial charge is 0.151 e. The Labute approximate surface area is 223 Å². The summed E-state index contributed by atoms with van der Waals surface area (Å²) in [6.07, 6.45) is 0. The van der Waals surface area contributed by atoms with Gasteiger partial charge >= 0.3 is 0 Å². The molecule has 0 radical (unpaired) electrons. The molecule has 0 saturated heterocycles. The molecule has 2 aromatic heterocycles. The second-order valence-corrected chi connectivity index (χ2v) is 9.93. The number of rotatable bonds is 4. The molecule has 7 aromatic rings. The Morgan fingerprint density at radius 1 is 0.514 bits per heavy atom. The third-order valence-electron chi connectivity index (χ3n) is 6.91. The summed E-state index contributed by atoms with van der Waals surface area (Å²) in [4.78, 5) is 3.74. The van der Waals surface area contributed by atoms with Crippen LogP contribution in [0, 0.1) is 0 Å². The lowest BCUT2D eigenvalue weighted by Gasteiger charge is -2.06. The van der Waals surface area contributed by atoms with Crippen LogP contribution in [0.15, 0.2) is 136 Å². The molecule has 0 spiro atoms. The number of fused-ring (bicyclic) bond motifs is 2. The zero-order valence-corrected chi connectivity index (χ0v) is 21.5. The third-order valence-corrected chi connectivity index (χ3v) is 7.67. The van der Waals surface area contributed by atoms with Crippen LogP contribution in [-0.2, 0) is 0 Å². The zero-order valence-electron chi connectivity index (χ0n) is 19.9. The third kappa shape index (κ3) is 3.62. The monoisotopic (exact) mass is 539 g/mol. The van der Waals surface area contributed by atoms with E-state index in [0.29, 0.717) is 0 Å². The molecule has 0 unspecified atom stereocenters. The first-order valence-corrected chi connectivity index (χ1v) is 13.1. The van der Waals surface area contributed by atoms with E-state index >= 15 is 0 Å². The van der Waals surface area contributed by atoms with E-state index < -0.39 is 0 Å². The van der Waals surface area contributed by atoms with Crippen LogP contribution >= 0.6 is 15.9 Å². The number of halogens is 1. The standard InChI is InChI=1S/C34H22BrNO/c35-30-32-26(28(22-13-5-1-6-14-22)31(36-32)24-17-9-3-10-18-24)21-27-29(23-15-7-2-8-16-23)33(37-34(27)30)25-19-11-4-12-20-25/h1-21,36H. The number of furan rings is 1. The molecule has 0 atom stereocenters. The molecule has 3 heteroatoms. The maximum Gasteiger partial charge on any atom is 0.151 e. The molecule has 2 heterocycles. The molecule has 176 valence electrons. The minimum absolute atomic E-state index is 0.839. The van der Waals surface area contributed by atoms with Crippen molar-refractivity contribution in [3.05, 3.63) is 132 Å². The van der Waals surface area contributed by atoms with Gasteiger partial charge in [-0.05, 0) is 38.7 Å². The fourth-order valence-electron chi connectivity index (χ4n) is 5.24. The van der Waals surface area contributed by atoms with Crippen molar-refractivity contribution >= 4 is 37.8 Å². The van der Waals surface area contributed by atoms with Gasteiger partial charge < -0.3 is 9.40 Å². The molecule has 37 heavy (non-hydrogen) atoms. The summed E-state index contributed by atoms with van der Waals surface area (Å²) < 4.78 is 7.60. The van der Waals surface area contributed by atoms with Crippen LogP contribution in [-0.4, -0.2) is 4.98 Å². The topological polar surface area (TPSA) is 28.9 Å². The zero-order chi connectivity index (χ0) is 24.8. The summed E-state index contributed by atoms with van der Waals surface area (Å²) in [5.74, 6) is 0.875. The average molecular weight is 540 g/mol. The van der Waals surface area contributed by atoms with Crippen LogP contribution < -0.4 is 0 Å². The van der Waals surface area contributed by atoms with Gasteiger partial charge in [0, 0.05) is 27.5 Å². The van der Waals surface area contributed by atoms with Crippen molar-refractivity contribution in [1.82, 2.24) is 4.98 Å². The predicted octanol–water partition coefficient (Wildman–Crippen LogP) is 10.3. The van der Waals surface area contributed by atoms with Crippen molar-refractivity contribution in [1.29, 1.82) is 0 Å². The van der Waals surface area contributed by atoms with Crippen LogP contribution in [0.1, 0.15) is 0 Å². The Hall–Kier alpha value is -4.34. The average Bonchev–Trinajstić information content (AvgIpc) is 3.55. The molecule has 5 aromatic carbocycles. The van der Waals surface area contributed by atoms with Crippen molar-refractivity contribution in [3.8, 4) is 44.8 Å². The highest BCUT2D eigenvalue weighted by atomic mass is 79.9.